The van der Waals surface area contributed by atoms with Gasteiger partial charge in [0.1, 0.15) is 0 Å². The van der Waals surface area contributed by atoms with Crippen molar-refractivity contribution in [2.24, 2.45) is 0 Å². The van der Waals surface area contributed by atoms with E-state index in [9.17, 15) is 0 Å². The number of para-hydroxylation sites is 1. The quantitative estimate of drug-likeness (QED) is 0.830. The Kier molecular flexibility index (Phi) is 3.29. The normalized spacial score (nSPS) is 21.1. The Balaban J connectivity index is 2.06. The Morgan fingerprint density at radius 2 is 2.28 bits per heavy atom. The fourth-order valence-electron chi connectivity index (χ4n) is 2.58. The molecule has 0 aliphatic carbocycles. The molecule has 3 rings (SSSR count). The SMILES string of the molecule is Cc1c(C2COCCCN2)[nH]c2c(Cl)cccc12. The van der Waals surface area contributed by atoms with Crippen LogP contribution >= 0.6 is 11.6 Å². The van der Waals surface area contributed by atoms with Crippen LogP contribution in [0.5, 0.6) is 0 Å². The van der Waals surface area contributed by atoms with E-state index in [1.54, 1.807) is 0 Å². The van der Waals surface area contributed by atoms with E-state index >= 15 is 0 Å². The number of aromatic amines is 1. The second-order valence-corrected chi connectivity index (χ2v) is 5.17. The summed E-state index contributed by atoms with van der Waals surface area (Å²) in [5.41, 5.74) is 3.48. The van der Waals surface area contributed by atoms with Crippen LogP contribution < -0.4 is 5.32 Å². The maximum atomic E-state index is 6.23. The molecule has 2 N–H and O–H groups in total. The van der Waals surface area contributed by atoms with Crippen molar-refractivity contribution in [3.8, 4) is 0 Å². The largest absolute Gasteiger partial charge is 0.379 e. The summed E-state index contributed by atoms with van der Waals surface area (Å²) in [5, 5.41) is 5.49. The maximum absolute atomic E-state index is 6.23. The number of hydrogen-bond acceptors (Lipinski definition) is 2. The summed E-state index contributed by atoms with van der Waals surface area (Å²) in [7, 11) is 0. The molecule has 0 amide bonds. The van der Waals surface area contributed by atoms with Crippen LogP contribution in [0.1, 0.15) is 23.7 Å². The smallest absolute Gasteiger partial charge is 0.0713 e. The summed E-state index contributed by atoms with van der Waals surface area (Å²) in [4.78, 5) is 3.46. The highest BCUT2D eigenvalue weighted by atomic mass is 35.5. The summed E-state index contributed by atoms with van der Waals surface area (Å²) < 4.78 is 5.63. The molecule has 2 heterocycles. The third kappa shape index (κ3) is 2.03. The molecule has 3 nitrogen and oxygen atoms in total. The first kappa shape index (κ1) is 12.0. The lowest BCUT2D eigenvalue weighted by Gasteiger charge is -2.14. The third-order valence-corrected chi connectivity index (χ3v) is 3.89. The lowest BCUT2D eigenvalue weighted by Crippen LogP contribution is -2.24. The molecule has 1 aromatic carbocycles. The molecule has 1 saturated heterocycles. The zero-order valence-corrected chi connectivity index (χ0v) is 11.2. The Labute approximate surface area is 111 Å². The zero-order valence-electron chi connectivity index (χ0n) is 10.4. The number of H-pyrrole nitrogens is 1. The third-order valence-electron chi connectivity index (χ3n) is 3.57. The lowest BCUT2D eigenvalue weighted by atomic mass is 10.1. The molecule has 1 atom stereocenters. The zero-order chi connectivity index (χ0) is 12.5. The molecule has 2 aromatic rings. The second kappa shape index (κ2) is 4.92. The molecular formula is C14H17ClN2O. The van der Waals surface area contributed by atoms with Crippen molar-refractivity contribution in [3.05, 3.63) is 34.5 Å². The van der Waals surface area contributed by atoms with Crippen molar-refractivity contribution in [2.45, 2.75) is 19.4 Å². The molecule has 18 heavy (non-hydrogen) atoms. The van der Waals surface area contributed by atoms with Crippen molar-refractivity contribution >= 4 is 22.5 Å². The Hall–Kier alpha value is -1.03. The standard InChI is InChI=1S/C14H17ClN2O/c1-9-10-4-2-5-11(15)14(10)17-13(9)12-8-18-7-3-6-16-12/h2,4-5,12,16-17H,3,6-8H2,1H3. The van der Waals surface area contributed by atoms with Gasteiger partial charge in [-0.3, -0.25) is 0 Å². The van der Waals surface area contributed by atoms with Gasteiger partial charge < -0.3 is 15.0 Å². The molecule has 0 saturated carbocycles. The van der Waals surface area contributed by atoms with Gasteiger partial charge in [0.2, 0.25) is 0 Å². The Morgan fingerprint density at radius 3 is 3.11 bits per heavy atom. The molecular weight excluding hydrogens is 248 g/mol. The average Bonchev–Trinajstić information content (AvgIpc) is 2.57. The average molecular weight is 265 g/mol. The molecule has 1 aliphatic rings. The van der Waals surface area contributed by atoms with Gasteiger partial charge in [0.15, 0.2) is 0 Å². The number of halogens is 1. The molecule has 0 spiro atoms. The molecule has 0 radical (unpaired) electrons. The number of nitrogens with one attached hydrogen (secondary N) is 2. The van der Waals surface area contributed by atoms with Gasteiger partial charge in [0.05, 0.1) is 23.2 Å². The van der Waals surface area contributed by atoms with Gasteiger partial charge in [-0.05, 0) is 31.5 Å². The first-order valence-electron chi connectivity index (χ1n) is 6.35. The van der Waals surface area contributed by atoms with Crippen LogP contribution in [0.15, 0.2) is 18.2 Å². The first-order chi connectivity index (χ1) is 8.77. The molecule has 4 heteroatoms. The van der Waals surface area contributed by atoms with Crippen LogP contribution in [0.2, 0.25) is 5.02 Å². The maximum Gasteiger partial charge on any atom is 0.0713 e. The van der Waals surface area contributed by atoms with Crippen LogP contribution in [0.4, 0.5) is 0 Å². The fraction of sp³-hybridized carbons (Fsp3) is 0.429. The van der Waals surface area contributed by atoms with Crippen molar-refractivity contribution in [1.29, 1.82) is 0 Å². The van der Waals surface area contributed by atoms with Gasteiger partial charge in [0.25, 0.3) is 0 Å². The molecule has 1 aliphatic heterocycles. The van der Waals surface area contributed by atoms with Gasteiger partial charge in [-0.2, -0.15) is 0 Å². The summed E-state index contributed by atoms with van der Waals surface area (Å²) >= 11 is 6.23. The minimum Gasteiger partial charge on any atom is -0.379 e. The highest BCUT2D eigenvalue weighted by Crippen LogP contribution is 2.30. The van der Waals surface area contributed by atoms with Gasteiger partial charge in [-0.25, -0.2) is 0 Å². The van der Waals surface area contributed by atoms with Crippen molar-refractivity contribution < 1.29 is 4.74 Å². The summed E-state index contributed by atoms with van der Waals surface area (Å²) in [6.07, 6.45) is 1.07. The highest BCUT2D eigenvalue weighted by Gasteiger charge is 2.20. The minimum absolute atomic E-state index is 0.232. The summed E-state index contributed by atoms with van der Waals surface area (Å²) in [6, 6.07) is 6.25. The first-order valence-corrected chi connectivity index (χ1v) is 6.73. The lowest BCUT2D eigenvalue weighted by molar-refractivity contribution is 0.130. The van der Waals surface area contributed by atoms with Gasteiger partial charge in [-0.15, -0.1) is 0 Å². The molecule has 0 bridgehead atoms. The number of rotatable bonds is 1. The number of hydrogen-bond donors (Lipinski definition) is 2. The minimum atomic E-state index is 0.232. The van der Waals surface area contributed by atoms with E-state index in [4.69, 9.17) is 16.3 Å². The van der Waals surface area contributed by atoms with Crippen molar-refractivity contribution in [2.75, 3.05) is 19.8 Å². The van der Waals surface area contributed by atoms with E-state index in [0.29, 0.717) is 6.61 Å². The van der Waals surface area contributed by atoms with Crippen LogP contribution in [-0.4, -0.2) is 24.7 Å². The molecule has 1 aromatic heterocycles. The Morgan fingerprint density at radius 1 is 1.39 bits per heavy atom. The van der Waals surface area contributed by atoms with Crippen LogP contribution in [0, 0.1) is 6.92 Å². The number of ether oxygens (including phenoxy) is 1. The van der Waals surface area contributed by atoms with E-state index < -0.39 is 0 Å². The second-order valence-electron chi connectivity index (χ2n) is 4.76. The van der Waals surface area contributed by atoms with E-state index in [2.05, 4.69) is 23.3 Å². The molecule has 1 fully saturated rings. The summed E-state index contributed by atoms with van der Waals surface area (Å²) in [5.74, 6) is 0. The fourth-order valence-corrected chi connectivity index (χ4v) is 2.80. The number of fused-ring (bicyclic) bond motifs is 1. The van der Waals surface area contributed by atoms with Crippen LogP contribution in [-0.2, 0) is 4.74 Å². The topological polar surface area (TPSA) is 37.0 Å². The number of aromatic nitrogens is 1. The monoisotopic (exact) mass is 264 g/mol. The van der Waals surface area contributed by atoms with Gasteiger partial charge in [-0.1, -0.05) is 23.7 Å². The van der Waals surface area contributed by atoms with E-state index in [1.165, 1.54) is 16.6 Å². The van der Waals surface area contributed by atoms with Crippen LogP contribution in [0.3, 0.4) is 0 Å². The van der Waals surface area contributed by atoms with E-state index in [1.807, 2.05) is 12.1 Å². The number of benzene rings is 1. The van der Waals surface area contributed by atoms with Gasteiger partial charge >= 0.3 is 0 Å². The van der Waals surface area contributed by atoms with E-state index in [-0.39, 0.29) is 6.04 Å². The Bertz CT molecular complexity index is 556. The highest BCUT2D eigenvalue weighted by molar-refractivity contribution is 6.35. The molecule has 1 unspecified atom stereocenters. The predicted octanol–water partition coefficient (Wildman–Crippen LogP) is 3.18. The van der Waals surface area contributed by atoms with Crippen LogP contribution in [0.25, 0.3) is 10.9 Å². The van der Waals surface area contributed by atoms with Crippen molar-refractivity contribution in [1.82, 2.24) is 10.3 Å². The predicted molar refractivity (Wildman–Crippen MR) is 74.2 cm³/mol. The van der Waals surface area contributed by atoms with Gasteiger partial charge in [0, 0.05) is 17.7 Å². The number of aryl methyl sites for hydroxylation is 1. The summed E-state index contributed by atoms with van der Waals surface area (Å²) in [6.45, 7) is 4.68. The molecule has 96 valence electrons. The van der Waals surface area contributed by atoms with Crippen molar-refractivity contribution in [3.63, 3.8) is 0 Å². The van der Waals surface area contributed by atoms with E-state index in [0.717, 1.165) is 30.1 Å².